The molecule has 0 aliphatic rings. The van der Waals surface area contributed by atoms with E-state index in [1.807, 2.05) is 6.08 Å². The van der Waals surface area contributed by atoms with Crippen molar-refractivity contribution in [3.05, 3.63) is 36.5 Å². The predicted octanol–water partition coefficient (Wildman–Crippen LogP) is 11.9. The molecule has 9 heteroatoms. The second-order valence-electron chi connectivity index (χ2n) is 14.5. The van der Waals surface area contributed by atoms with Gasteiger partial charge in [-0.3, -0.25) is 13.8 Å². The average molecular weight is 755 g/mol. The molecule has 3 unspecified atom stereocenters. The molecule has 0 spiro atoms. The molecule has 0 aliphatic carbocycles. The molecular weight excluding hydrogens is 671 g/mol. The Labute approximate surface area is 320 Å². The Bertz CT molecular complexity index is 912. The first-order valence-electron chi connectivity index (χ1n) is 21.6. The molecular formula is C43H83N2O6P. The van der Waals surface area contributed by atoms with Crippen LogP contribution in [0.2, 0.25) is 0 Å². The molecule has 0 fully saturated rings. The summed E-state index contributed by atoms with van der Waals surface area (Å²) in [5.74, 6) is -0.207. The van der Waals surface area contributed by atoms with Crippen molar-refractivity contribution in [2.75, 3.05) is 19.8 Å². The molecule has 0 bridgehead atoms. The van der Waals surface area contributed by atoms with Crippen LogP contribution in [0.4, 0.5) is 0 Å². The Morgan fingerprint density at radius 2 is 1.02 bits per heavy atom. The highest BCUT2D eigenvalue weighted by Gasteiger charge is 2.26. The molecule has 3 atom stereocenters. The van der Waals surface area contributed by atoms with Crippen LogP contribution in [0, 0.1) is 0 Å². The van der Waals surface area contributed by atoms with Crippen LogP contribution >= 0.6 is 7.82 Å². The molecule has 5 N–H and O–H groups in total. The van der Waals surface area contributed by atoms with Crippen LogP contribution in [0.3, 0.4) is 0 Å². The number of aliphatic hydroxyl groups excluding tert-OH is 1. The largest absolute Gasteiger partial charge is 0.472 e. The number of amides is 1. The smallest absolute Gasteiger partial charge is 0.387 e. The molecule has 0 aromatic heterocycles. The molecule has 0 rings (SSSR count). The molecule has 0 aliphatic heterocycles. The van der Waals surface area contributed by atoms with Gasteiger partial charge in [0.1, 0.15) is 0 Å². The highest BCUT2D eigenvalue weighted by molar-refractivity contribution is 7.47. The summed E-state index contributed by atoms with van der Waals surface area (Å²) in [7, 11) is -4.34. The Balaban J connectivity index is 4.23. The third-order valence-corrected chi connectivity index (χ3v) is 10.4. The van der Waals surface area contributed by atoms with Gasteiger partial charge in [0.25, 0.3) is 0 Å². The summed E-state index contributed by atoms with van der Waals surface area (Å²) < 4.78 is 22.1. The van der Waals surface area contributed by atoms with Gasteiger partial charge < -0.3 is 21.1 Å². The van der Waals surface area contributed by atoms with Crippen molar-refractivity contribution in [1.82, 2.24) is 5.32 Å². The first-order valence-corrected chi connectivity index (χ1v) is 23.1. The molecule has 0 aromatic rings. The highest BCUT2D eigenvalue weighted by Crippen LogP contribution is 2.43. The lowest BCUT2D eigenvalue weighted by Crippen LogP contribution is -2.45. The number of rotatable bonds is 40. The Morgan fingerprint density at radius 3 is 1.48 bits per heavy atom. The van der Waals surface area contributed by atoms with Crippen LogP contribution in [0.5, 0.6) is 0 Å². The number of phosphoric ester groups is 1. The number of carbonyl (C=O) groups is 1. The van der Waals surface area contributed by atoms with Gasteiger partial charge in [-0.15, -0.1) is 0 Å². The third kappa shape index (κ3) is 37.1. The van der Waals surface area contributed by atoms with Gasteiger partial charge in [0.15, 0.2) is 0 Å². The molecule has 0 radical (unpaired) electrons. The fourth-order valence-electron chi connectivity index (χ4n) is 6.14. The minimum atomic E-state index is -4.34. The molecule has 8 nitrogen and oxygen atoms in total. The van der Waals surface area contributed by atoms with Gasteiger partial charge in [0.2, 0.25) is 5.91 Å². The number of carbonyl (C=O) groups excluding carboxylic acids is 1. The van der Waals surface area contributed by atoms with Crippen LogP contribution in [0.15, 0.2) is 36.5 Å². The Hall–Kier alpha value is -1.28. The van der Waals surface area contributed by atoms with E-state index in [1.54, 1.807) is 6.08 Å². The molecule has 0 aromatic carbocycles. The molecule has 0 saturated carbocycles. The highest BCUT2D eigenvalue weighted by atomic mass is 31.2. The summed E-state index contributed by atoms with van der Waals surface area (Å²) >= 11 is 0. The molecule has 52 heavy (non-hydrogen) atoms. The lowest BCUT2D eigenvalue weighted by Gasteiger charge is -2.23. The number of phosphoric acid groups is 1. The zero-order chi connectivity index (χ0) is 38.2. The van der Waals surface area contributed by atoms with Gasteiger partial charge >= 0.3 is 7.82 Å². The quantitative estimate of drug-likeness (QED) is 0.0278. The van der Waals surface area contributed by atoms with Crippen molar-refractivity contribution in [2.24, 2.45) is 5.73 Å². The van der Waals surface area contributed by atoms with E-state index in [-0.39, 0.29) is 25.7 Å². The SMILES string of the molecule is CCCCCCCC/C=C\CCCCCCCCCCCC(=O)NC(COP(=O)(O)OCCN)C(O)/C=C/CC/C=C/CCCCCCCCCC. The minimum Gasteiger partial charge on any atom is -0.387 e. The first-order chi connectivity index (χ1) is 25.4. The van der Waals surface area contributed by atoms with E-state index < -0.39 is 20.0 Å². The number of nitrogens with one attached hydrogen (secondary N) is 1. The fourth-order valence-corrected chi connectivity index (χ4v) is 6.90. The monoisotopic (exact) mass is 755 g/mol. The Kier molecular flexibility index (Phi) is 38.4. The summed E-state index contributed by atoms with van der Waals surface area (Å²) in [6.45, 7) is 4.10. The van der Waals surface area contributed by atoms with E-state index in [0.29, 0.717) is 6.42 Å². The summed E-state index contributed by atoms with van der Waals surface area (Å²) in [6, 6.07) is -0.876. The molecule has 1 amide bonds. The topological polar surface area (TPSA) is 131 Å². The maximum Gasteiger partial charge on any atom is 0.472 e. The van der Waals surface area contributed by atoms with Crippen LogP contribution in [-0.4, -0.2) is 47.8 Å². The summed E-state index contributed by atoms with van der Waals surface area (Å²) in [4.78, 5) is 22.7. The van der Waals surface area contributed by atoms with Gasteiger partial charge in [-0.25, -0.2) is 4.57 Å². The predicted molar refractivity (Wildman–Crippen MR) is 221 cm³/mol. The number of aliphatic hydroxyl groups is 1. The summed E-state index contributed by atoms with van der Waals surface area (Å²) in [6.07, 6.45) is 46.2. The van der Waals surface area contributed by atoms with E-state index in [9.17, 15) is 19.4 Å². The zero-order valence-corrected chi connectivity index (χ0v) is 34.7. The van der Waals surface area contributed by atoms with E-state index in [0.717, 1.165) is 38.5 Å². The number of nitrogens with two attached hydrogens (primary N) is 1. The van der Waals surface area contributed by atoms with Crippen molar-refractivity contribution >= 4 is 13.7 Å². The van der Waals surface area contributed by atoms with Crippen LogP contribution in [0.25, 0.3) is 0 Å². The third-order valence-electron chi connectivity index (χ3n) is 9.44. The first kappa shape index (κ1) is 50.7. The van der Waals surface area contributed by atoms with Crippen LogP contribution in [0.1, 0.15) is 200 Å². The second kappa shape index (κ2) is 39.4. The molecule has 0 heterocycles. The number of unbranched alkanes of at least 4 members (excludes halogenated alkanes) is 24. The Morgan fingerprint density at radius 1 is 0.615 bits per heavy atom. The normalized spacial score (nSPS) is 14.5. The van der Waals surface area contributed by atoms with Crippen molar-refractivity contribution in [1.29, 1.82) is 0 Å². The second-order valence-corrected chi connectivity index (χ2v) is 16.0. The summed E-state index contributed by atoms with van der Waals surface area (Å²) in [5.41, 5.74) is 5.37. The van der Waals surface area contributed by atoms with Gasteiger partial charge in [-0.2, -0.15) is 0 Å². The minimum absolute atomic E-state index is 0.0737. The lowest BCUT2D eigenvalue weighted by molar-refractivity contribution is -0.123. The van der Waals surface area contributed by atoms with Gasteiger partial charge in [-0.1, -0.05) is 172 Å². The van der Waals surface area contributed by atoms with E-state index in [1.165, 1.54) is 141 Å². The van der Waals surface area contributed by atoms with Crippen molar-refractivity contribution < 1.29 is 28.4 Å². The van der Waals surface area contributed by atoms with E-state index in [2.05, 4.69) is 43.5 Å². The van der Waals surface area contributed by atoms with Crippen LogP contribution < -0.4 is 11.1 Å². The molecule has 0 saturated heterocycles. The summed E-state index contributed by atoms with van der Waals surface area (Å²) in [5, 5.41) is 13.6. The van der Waals surface area contributed by atoms with Gasteiger partial charge in [0, 0.05) is 13.0 Å². The van der Waals surface area contributed by atoms with Crippen LogP contribution in [-0.2, 0) is 18.4 Å². The van der Waals surface area contributed by atoms with Crippen molar-refractivity contribution in [3.8, 4) is 0 Å². The maximum absolute atomic E-state index is 12.7. The van der Waals surface area contributed by atoms with Crippen molar-refractivity contribution in [2.45, 2.75) is 212 Å². The fraction of sp³-hybridized carbons (Fsp3) is 0.837. The van der Waals surface area contributed by atoms with Gasteiger partial charge in [0.05, 0.1) is 25.4 Å². The van der Waals surface area contributed by atoms with Crippen molar-refractivity contribution in [3.63, 3.8) is 0 Å². The van der Waals surface area contributed by atoms with E-state index in [4.69, 9.17) is 14.8 Å². The zero-order valence-electron chi connectivity index (χ0n) is 33.8. The number of hydrogen-bond acceptors (Lipinski definition) is 6. The standard InChI is InChI=1S/C43H83N2O6P/c1-3-5-7-9-11-13-15-17-19-20-21-22-23-25-27-29-31-33-35-37-43(47)45-41(40-51-52(48,49)50-39-38-44)42(46)36-34-32-30-28-26-24-18-16-14-12-10-8-6-4-2/h17,19,26,28,34,36,41-42,46H,3-16,18,20-25,27,29-33,35,37-40,44H2,1-2H3,(H,45,47)(H,48,49)/b19-17-,28-26+,36-34+. The lowest BCUT2D eigenvalue weighted by atomic mass is 10.0. The van der Waals surface area contributed by atoms with Gasteiger partial charge in [-0.05, 0) is 57.8 Å². The molecule has 306 valence electrons. The maximum atomic E-state index is 12.7. The average Bonchev–Trinajstić information content (AvgIpc) is 3.13. The number of allylic oxidation sites excluding steroid dienone is 5. The van der Waals surface area contributed by atoms with E-state index >= 15 is 0 Å². The number of hydrogen-bond donors (Lipinski definition) is 4.